The Hall–Kier alpha value is -4.39. The molecule has 0 saturated heterocycles. The summed E-state index contributed by atoms with van der Waals surface area (Å²) in [5.74, 6) is -0.932. The lowest BCUT2D eigenvalue weighted by Gasteiger charge is -2.29. The van der Waals surface area contributed by atoms with Gasteiger partial charge in [0.25, 0.3) is 0 Å². The number of phenolic OH excluding ortho intramolecular Hbond substituents is 4. The minimum absolute atomic E-state index is 0.00202. The van der Waals surface area contributed by atoms with Gasteiger partial charge in [0.2, 0.25) is 5.43 Å². The van der Waals surface area contributed by atoms with E-state index in [-0.39, 0.29) is 79.0 Å². The lowest BCUT2D eigenvalue weighted by molar-refractivity contribution is 0.152. The van der Waals surface area contributed by atoms with Crippen molar-refractivity contribution in [1.82, 2.24) is 0 Å². The Morgan fingerprint density at radius 3 is 2.35 bits per heavy atom. The summed E-state index contributed by atoms with van der Waals surface area (Å²) in [4.78, 5) is 13.8. The first-order valence-electron chi connectivity index (χ1n) is 11.9. The molecule has 0 amide bonds. The third kappa shape index (κ3) is 3.61. The molecule has 1 aliphatic heterocycles. The summed E-state index contributed by atoms with van der Waals surface area (Å²) in [5, 5.41) is 44.7. The van der Waals surface area contributed by atoms with Crippen LogP contribution in [-0.4, -0.2) is 26.0 Å². The normalized spacial score (nSPS) is 14.1. The van der Waals surface area contributed by atoms with Crippen molar-refractivity contribution >= 4 is 44.4 Å². The summed E-state index contributed by atoms with van der Waals surface area (Å²) >= 11 is 0. The fourth-order valence-electron chi connectivity index (χ4n) is 4.79. The van der Waals surface area contributed by atoms with E-state index >= 15 is 0 Å². The Kier molecular flexibility index (Phi) is 5.30. The second-order valence-electron chi connectivity index (χ2n) is 10.3. The molecule has 0 saturated carbocycles. The summed E-state index contributed by atoms with van der Waals surface area (Å²) in [7, 11) is 0. The number of aromatic hydroxyl groups is 4. The number of ether oxygens (including phenoxy) is 1. The standard InChI is InChI=1S/C30H28O7/c1-13(2)7-8-15-19(31)12-20-22(24(15)32)26(34)18-11-17(14(3)4)21-23(28(18)36-20)25(33)16-9-10-30(5,6)37-29(16)27(21)35/h7,9-12,31-33,35H,3,8H2,1-2,4-6H3. The van der Waals surface area contributed by atoms with Crippen molar-refractivity contribution < 1.29 is 29.6 Å². The van der Waals surface area contributed by atoms with Gasteiger partial charge in [0.15, 0.2) is 11.5 Å². The van der Waals surface area contributed by atoms with Gasteiger partial charge < -0.3 is 29.6 Å². The molecule has 7 nitrogen and oxygen atoms in total. The van der Waals surface area contributed by atoms with Crippen molar-refractivity contribution in [1.29, 1.82) is 0 Å². The first kappa shape index (κ1) is 24.3. The molecular formula is C30H28O7. The monoisotopic (exact) mass is 500 g/mol. The molecule has 5 rings (SSSR count). The molecule has 0 fully saturated rings. The van der Waals surface area contributed by atoms with Crippen LogP contribution in [0.25, 0.3) is 44.4 Å². The van der Waals surface area contributed by atoms with Crippen molar-refractivity contribution in [3.8, 4) is 28.7 Å². The van der Waals surface area contributed by atoms with Crippen LogP contribution in [0.1, 0.15) is 51.3 Å². The van der Waals surface area contributed by atoms with Crippen molar-refractivity contribution in [2.45, 2.75) is 46.6 Å². The summed E-state index contributed by atoms with van der Waals surface area (Å²) in [6.07, 6.45) is 5.46. The van der Waals surface area contributed by atoms with E-state index in [1.165, 1.54) is 12.1 Å². The van der Waals surface area contributed by atoms with Crippen molar-refractivity contribution in [2.24, 2.45) is 0 Å². The minimum Gasteiger partial charge on any atom is -0.507 e. The van der Waals surface area contributed by atoms with Crippen LogP contribution in [-0.2, 0) is 6.42 Å². The van der Waals surface area contributed by atoms with Gasteiger partial charge in [-0.15, -0.1) is 0 Å². The highest BCUT2D eigenvalue weighted by Crippen LogP contribution is 2.52. The number of fused-ring (bicyclic) bond motifs is 5. The smallest absolute Gasteiger partial charge is 0.204 e. The van der Waals surface area contributed by atoms with E-state index in [4.69, 9.17) is 9.15 Å². The molecule has 0 atom stereocenters. The zero-order valence-electron chi connectivity index (χ0n) is 21.3. The van der Waals surface area contributed by atoms with Crippen LogP contribution in [0.15, 0.2) is 45.6 Å². The number of hydrogen-bond acceptors (Lipinski definition) is 7. The highest BCUT2D eigenvalue weighted by molar-refractivity contribution is 6.17. The number of phenols is 4. The van der Waals surface area contributed by atoms with Crippen molar-refractivity contribution in [3.05, 3.63) is 63.4 Å². The van der Waals surface area contributed by atoms with Gasteiger partial charge in [0.1, 0.15) is 39.4 Å². The fraction of sp³-hybridized carbons (Fsp3) is 0.233. The molecular weight excluding hydrogens is 472 g/mol. The van der Waals surface area contributed by atoms with Gasteiger partial charge in [-0.1, -0.05) is 23.8 Å². The van der Waals surface area contributed by atoms with Gasteiger partial charge in [0.05, 0.1) is 16.3 Å². The third-order valence-electron chi connectivity index (χ3n) is 6.69. The Morgan fingerprint density at radius 2 is 1.70 bits per heavy atom. The largest absolute Gasteiger partial charge is 0.507 e. The second-order valence-corrected chi connectivity index (χ2v) is 10.3. The van der Waals surface area contributed by atoms with Crippen LogP contribution < -0.4 is 10.2 Å². The van der Waals surface area contributed by atoms with Crippen LogP contribution >= 0.6 is 0 Å². The van der Waals surface area contributed by atoms with E-state index in [0.717, 1.165) is 5.57 Å². The Labute approximate surface area is 212 Å². The average Bonchev–Trinajstić information content (AvgIpc) is 2.80. The second kappa shape index (κ2) is 8.06. The minimum atomic E-state index is -0.716. The number of benzene rings is 3. The molecule has 7 heteroatoms. The Bertz CT molecular complexity index is 1800. The van der Waals surface area contributed by atoms with Crippen molar-refractivity contribution in [2.75, 3.05) is 0 Å². The van der Waals surface area contributed by atoms with Gasteiger partial charge in [-0.3, -0.25) is 4.79 Å². The van der Waals surface area contributed by atoms with E-state index in [1.807, 2.05) is 33.8 Å². The molecule has 0 bridgehead atoms. The molecule has 0 spiro atoms. The fourth-order valence-corrected chi connectivity index (χ4v) is 4.79. The molecule has 0 radical (unpaired) electrons. The highest BCUT2D eigenvalue weighted by Gasteiger charge is 2.31. The van der Waals surface area contributed by atoms with Gasteiger partial charge in [-0.25, -0.2) is 0 Å². The molecule has 3 aromatic carbocycles. The van der Waals surface area contributed by atoms with Crippen LogP contribution in [0.4, 0.5) is 0 Å². The van der Waals surface area contributed by atoms with E-state index in [2.05, 4.69) is 6.58 Å². The van der Waals surface area contributed by atoms with E-state index in [1.54, 1.807) is 19.1 Å². The quantitative estimate of drug-likeness (QED) is 0.108. The molecule has 190 valence electrons. The zero-order valence-corrected chi connectivity index (χ0v) is 21.3. The lowest BCUT2D eigenvalue weighted by Crippen LogP contribution is -2.27. The molecule has 4 N–H and O–H groups in total. The predicted molar refractivity (Wildman–Crippen MR) is 146 cm³/mol. The van der Waals surface area contributed by atoms with Gasteiger partial charge >= 0.3 is 0 Å². The predicted octanol–water partition coefficient (Wildman–Crippen LogP) is 6.65. The zero-order chi connectivity index (χ0) is 27.0. The number of rotatable bonds is 3. The molecule has 1 aliphatic rings. The summed E-state index contributed by atoms with van der Waals surface area (Å²) in [6, 6.07) is 2.81. The summed E-state index contributed by atoms with van der Waals surface area (Å²) in [6.45, 7) is 13.1. The maximum Gasteiger partial charge on any atom is 0.204 e. The maximum atomic E-state index is 13.8. The lowest BCUT2D eigenvalue weighted by atomic mass is 9.91. The average molecular weight is 501 g/mol. The molecule has 37 heavy (non-hydrogen) atoms. The Balaban J connectivity index is 1.98. The first-order chi connectivity index (χ1) is 17.3. The van der Waals surface area contributed by atoms with Gasteiger partial charge in [0, 0.05) is 17.0 Å². The summed E-state index contributed by atoms with van der Waals surface area (Å²) in [5.41, 5.74) is 1.09. The number of allylic oxidation sites excluding steroid dienone is 3. The van der Waals surface area contributed by atoms with Crippen LogP contribution in [0.3, 0.4) is 0 Å². The molecule has 0 unspecified atom stereocenters. The Morgan fingerprint density at radius 1 is 1.00 bits per heavy atom. The molecule has 0 aliphatic carbocycles. The maximum absolute atomic E-state index is 13.8. The van der Waals surface area contributed by atoms with E-state index in [0.29, 0.717) is 11.1 Å². The van der Waals surface area contributed by atoms with Crippen LogP contribution in [0.2, 0.25) is 0 Å². The third-order valence-corrected chi connectivity index (χ3v) is 6.69. The van der Waals surface area contributed by atoms with Crippen LogP contribution in [0.5, 0.6) is 28.7 Å². The molecule has 4 aromatic rings. The highest BCUT2D eigenvalue weighted by atomic mass is 16.5. The first-order valence-corrected chi connectivity index (χ1v) is 11.9. The van der Waals surface area contributed by atoms with E-state index < -0.39 is 11.0 Å². The van der Waals surface area contributed by atoms with E-state index in [9.17, 15) is 25.2 Å². The summed E-state index contributed by atoms with van der Waals surface area (Å²) < 4.78 is 12.1. The van der Waals surface area contributed by atoms with Gasteiger partial charge in [-0.05, 0) is 64.8 Å². The van der Waals surface area contributed by atoms with Crippen molar-refractivity contribution in [3.63, 3.8) is 0 Å². The SMILES string of the molecule is C=C(C)c1cc2c(=O)c3c(O)c(CC=C(C)C)c(O)cc3oc2c2c(O)c3c(c(O)c12)OC(C)(C)C=C3. The topological polar surface area (TPSA) is 120 Å². The van der Waals surface area contributed by atoms with Crippen LogP contribution in [0, 0.1) is 0 Å². The number of hydrogen-bond donors (Lipinski definition) is 4. The molecule has 2 heterocycles. The molecule has 1 aromatic heterocycles. The van der Waals surface area contributed by atoms with Gasteiger partial charge in [-0.2, -0.15) is 0 Å².